The molecule has 3 N–H and O–H groups in total. The molecule has 0 saturated heterocycles. The number of carbonyl (C=O) groups excluding carboxylic acids is 1. The predicted molar refractivity (Wildman–Crippen MR) is 63.4 cm³/mol. The number of primary amides is 1. The third kappa shape index (κ3) is 4.79. The number of ether oxygens (including phenoxy) is 1. The second kappa shape index (κ2) is 6.85. The van der Waals surface area contributed by atoms with Gasteiger partial charge in [-0.15, -0.1) is 0 Å². The molecule has 1 aromatic carbocycles. The molecule has 1 rings (SSSR count). The summed E-state index contributed by atoms with van der Waals surface area (Å²) in [6.07, 6.45) is 1.32. The molecule has 0 saturated carbocycles. The van der Waals surface area contributed by atoms with Gasteiger partial charge in [-0.2, -0.15) is 0 Å². The summed E-state index contributed by atoms with van der Waals surface area (Å²) >= 11 is 0. The van der Waals surface area contributed by atoms with Crippen LogP contribution in [0.3, 0.4) is 0 Å². The van der Waals surface area contributed by atoms with E-state index in [2.05, 4.69) is 5.32 Å². The third-order valence-electron chi connectivity index (χ3n) is 2.30. The summed E-state index contributed by atoms with van der Waals surface area (Å²) in [5.41, 5.74) is 6.27. The monoisotopic (exact) mass is 222 g/mol. The molecule has 16 heavy (non-hydrogen) atoms. The van der Waals surface area contributed by atoms with E-state index in [0.29, 0.717) is 13.0 Å². The second-order valence-corrected chi connectivity index (χ2v) is 3.56. The van der Waals surface area contributed by atoms with E-state index in [1.165, 1.54) is 5.56 Å². The summed E-state index contributed by atoms with van der Waals surface area (Å²) in [6.45, 7) is 1.49. The topological polar surface area (TPSA) is 64.3 Å². The number of hydrogen-bond donors (Lipinski definition) is 2. The maximum Gasteiger partial charge on any atom is 0.218 e. The van der Waals surface area contributed by atoms with E-state index in [4.69, 9.17) is 10.5 Å². The standard InChI is InChI=1S/C12H18N2O2/c1-16-11-4-2-10(3-5-11)6-8-14-9-7-12(13)15/h2-5,14H,6-9H2,1H3,(H2,13,15). The SMILES string of the molecule is COc1ccc(CCNCCC(N)=O)cc1. The fraction of sp³-hybridized carbons (Fsp3) is 0.417. The average molecular weight is 222 g/mol. The van der Waals surface area contributed by atoms with Crippen molar-refractivity contribution in [1.29, 1.82) is 0 Å². The van der Waals surface area contributed by atoms with Crippen molar-refractivity contribution < 1.29 is 9.53 Å². The zero-order chi connectivity index (χ0) is 11.8. The molecule has 0 spiro atoms. The van der Waals surface area contributed by atoms with Gasteiger partial charge in [-0.05, 0) is 30.7 Å². The van der Waals surface area contributed by atoms with Gasteiger partial charge in [0.25, 0.3) is 0 Å². The van der Waals surface area contributed by atoms with Gasteiger partial charge < -0.3 is 15.8 Å². The lowest BCUT2D eigenvalue weighted by Crippen LogP contribution is -2.23. The number of hydrogen-bond acceptors (Lipinski definition) is 3. The van der Waals surface area contributed by atoms with Gasteiger partial charge in [0, 0.05) is 13.0 Å². The van der Waals surface area contributed by atoms with Gasteiger partial charge in [0.2, 0.25) is 5.91 Å². The van der Waals surface area contributed by atoms with Gasteiger partial charge in [0.05, 0.1) is 7.11 Å². The molecule has 0 bridgehead atoms. The van der Waals surface area contributed by atoms with Crippen LogP contribution in [0.4, 0.5) is 0 Å². The van der Waals surface area contributed by atoms with E-state index in [-0.39, 0.29) is 5.91 Å². The lowest BCUT2D eigenvalue weighted by molar-refractivity contribution is -0.117. The van der Waals surface area contributed by atoms with Crippen molar-refractivity contribution in [3.05, 3.63) is 29.8 Å². The highest BCUT2D eigenvalue weighted by Gasteiger charge is 1.96. The first kappa shape index (κ1) is 12.5. The van der Waals surface area contributed by atoms with E-state index in [9.17, 15) is 4.79 Å². The van der Waals surface area contributed by atoms with Crippen molar-refractivity contribution in [2.45, 2.75) is 12.8 Å². The highest BCUT2D eigenvalue weighted by molar-refractivity contribution is 5.73. The largest absolute Gasteiger partial charge is 0.497 e. The minimum Gasteiger partial charge on any atom is -0.497 e. The Balaban J connectivity index is 2.19. The summed E-state index contributed by atoms with van der Waals surface area (Å²) < 4.78 is 5.07. The van der Waals surface area contributed by atoms with Crippen molar-refractivity contribution in [3.63, 3.8) is 0 Å². The van der Waals surface area contributed by atoms with Crippen LogP contribution >= 0.6 is 0 Å². The summed E-state index contributed by atoms with van der Waals surface area (Å²) in [7, 11) is 1.65. The Kier molecular flexibility index (Phi) is 5.36. The van der Waals surface area contributed by atoms with E-state index in [1.54, 1.807) is 7.11 Å². The summed E-state index contributed by atoms with van der Waals surface area (Å²) in [5.74, 6) is 0.599. The second-order valence-electron chi connectivity index (χ2n) is 3.56. The molecule has 0 unspecified atom stereocenters. The molecule has 0 aliphatic rings. The number of benzene rings is 1. The van der Waals surface area contributed by atoms with Gasteiger partial charge in [0.1, 0.15) is 5.75 Å². The minimum absolute atomic E-state index is 0.267. The van der Waals surface area contributed by atoms with E-state index < -0.39 is 0 Å². The Bertz CT molecular complexity index is 322. The van der Waals surface area contributed by atoms with Crippen LogP contribution in [0.1, 0.15) is 12.0 Å². The van der Waals surface area contributed by atoms with Crippen LogP contribution in [-0.4, -0.2) is 26.1 Å². The first-order chi connectivity index (χ1) is 7.72. The molecule has 4 nitrogen and oxygen atoms in total. The number of rotatable bonds is 7. The molecule has 0 aliphatic carbocycles. The van der Waals surface area contributed by atoms with Crippen LogP contribution in [0, 0.1) is 0 Å². The number of nitrogens with one attached hydrogen (secondary N) is 1. The number of nitrogens with two attached hydrogens (primary N) is 1. The lowest BCUT2D eigenvalue weighted by atomic mass is 10.1. The van der Waals surface area contributed by atoms with Crippen molar-refractivity contribution in [2.75, 3.05) is 20.2 Å². The molecule has 1 amide bonds. The quantitative estimate of drug-likeness (QED) is 0.668. The van der Waals surface area contributed by atoms with Crippen LogP contribution in [0.2, 0.25) is 0 Å². The van der Waals surface area contributed by atoms with Crippen molar-refractivity contribution in [2.24, 2.45) is 5.73 Å². The van der Waals surface area contributed by atoms with Crippen LogP contribution in [0.15, 0.2) is 24.3 Å². The molecule has 0 fully saturated rings. The van der Waals surface area contributed by atoms with Crippen LogP contribution < -0.4 is 15.8 Å². The molecule has 0 aromatic heterocycles. The van der Waals surface area contributed by atoms with Crippen LogP contribution in [0.5, 0.6) is 5.75 Å². The molecular formula is C12H18N2O2. The Morgan fingerprint density at radius 2 is 2.00 bits per heavy atom. The highest BCUT2D eigenvalue weighted by Crippen LogP contribution is 2.11. The first-order valence-corrected chi connectivity index (χ1v) is 5.34. The van der Waals surface area contributed by atoms with Crippen molar-refractivity contribution >= 4 is 5.91 Å². The molecule has 0 radical (unpaired) electrons. The average Bonchev–Trinajstić information content (AvgIpc) is 2.29. The van der Waals surface area contributed by atoms with Gasteiger partial charge >= 0.3 is 0 Å². The van der Waals surface area contributed by atoms with E-state index in [0.717, 1.165) is 18.7 Å². The molecule has 0 heterocycles. The van der Waals surface area contributed by atoms with Crippen molar-refractivity contribution in [3.8, 4) is 5.75 Å². The Labute approximate surface area is 95.8 Å². The molecule has 88 valence electrons. The summed E-state index contributed by atoms with van der Waals surface area (Å²) in [4.78, 5) is 10.5. The third-order valence-corrected chi connectivity index (χ3v) is 2.30. The highest BCUT2D eigenvalue weighted by atomic mass is 16.5. The van der Waals surface area contributed by atoms with E-state index >= 15 is 0 Å². The van der Waals surface area contributed by atoms with Crippen LogP contribution in [0.25, 0.3) is 0 Å². The number of methoxy groups -OCH3 is 1. The normalized spacial score (nSPS) is 10.1. The maximum atomic E-state index is 10.5. The summed E-state index contributed by atoms with van der Waals surface area (Å²) in [6, 6.07) is 7.96. The zero-order valence-corrected chi connectivity index (χ0v) is 9.53. The van der Waals surface area contributed by atoms with E-state index in [1.807, 2.05) is 24.3 Å². The maximum absolute atomic E-state index is 10.5. The predicted octanol–water partition coefficient (Wildman–Crippen LogP) is 0.703. The smallest absolute Gasteiger partial charge is 0.218 e. The minimum atomic E-state index is -0.267. The van der Waals surface area contributed by atoms with Gasteiger partial charge in [-0.1, -0.05) is 12.1 Å². The fourth-order valence-corrected chi connectivity index (χ4v) is 1.36. The molecular weight excluding hydrogens is 204 g/mol. The molecule has 0 aliphatic heterocycles. The van der Waals surface area contributed by atoms with Crippen molar-refractivity contribution in [1.82, 2.24) is 5.32 Å². The molecule has 0 atom stereocenters. The zero-order valence-electron chi connectivity index (χ0n) is 9.53. The van der Waals surface area contributed by atoms with Crippen LogP contribution in [-0.2, 0) is 11.2 Å². The lowest BCUT2D eigenvalue weighted by Gasteiger charge is -2.04. The Morgan fingerprint density at radius 1 is 1.31 bits per heavy atom. The summed E-state index contributed by atoms with van der Waals surface area (Å²) in [5, 5.41) is 3.16. The van der Waals surface area contributed by atoms with Gasteiger partial charge in [-0.25, -0.2) is 0 Å². The molecule has 1 aromatic rings. The van der Waals surface area contributed by atoms with Gasteiger partial charge in [0.15, 0.2) is 0 Å². The fourth-order valence-electron chi connectivity index (χ4n) is 1.36. The number of amides is 1. The Hall–Kier alpha value is -1.55. The first-order valence-electron chi connectivity index (χ1n) is 5.34. The molecule has 4 heteroatoms. The van der Waals surface area contributed by atoms with Gasteiger partial charge in [-0.3, -0.25) is 4.79 Å². The number of carbonyl (C=O) groups is 1. The Morgan fingerprint density at radius 3 is 2.56 bits per heavy atom.